The molecule has 0 radical (unpaired) electrons. The van der Waals surface area contributed by atoms with Gasteiger partial charge in [0.2, 0.25) is 10.0 Å². The van der Waals surface area contributed by atoms with Crippen molar-refractivity contribution < 1.29 is 18.3 Å². The van der Waals surface area contributed by atoms with Gasteiger partial charge in [-0.15, -0.1) is 11.3 Å². The van der Waals surface area contributed by atoms with Crippen molar-refractivity contribution in [2.45, 2.75) is 16.7 Å². The normalized spacial score (nSPS) is 13.7. The molecule has 2 N–H and O–H groups in total. The lowest BCUT2D eigenvalue weighted by Crippen LogP contribution is -2.42. The molecule has 0 saturated carbocycles. The number of hydrogen-bond acceptors (Lipinski definition) is 5. The number of nitrogens with one attached hydrogen (secondary N) is 1. The number of carboxylic acid groups (broad SMARTS) is 1. The fraction of sp³-hybridized carbons (Fsp3) is 0.500. The third kappa shape index (κ3) is 5.57. The predicted molar refractivity (Wildman–Crippen MR) is 76.9 cm³/mol. The van der Waals surface area contributed by atoms with Gasteiger partial charge in [-0.05, 0) is 42.2 Å². The molecule has 1 unspecified atom stereocenters. The maximum atomic E-state index is 12.1. The first-order valence-electron chi connectivity index (χ1n) is 5.35. The van der Waals surface area contributed by atoms with Crippen molar-refractivity contribution in [2.24, 2.45) is 0 Å². The highest BCUT2D eigenvalue weighted by molar-refractivity contribution is 9.11. The van der Waals surface area contributed by atoms with E-state index in [2.05, 4.69) is 20.7 Å². The van der Waals surface area contributed by atoms with Crippen LogP contribution in [0.3, 0.4) is 0 Å². The van der Waals surface area contributed by atoms with E-state index in [9.17, 15) is 13.2 Å². The molecule has 0 aromatic carbocycles. The second-order valence-electron chi connectivity index (χ2n) is 4.24. The van der Waals surface area contributed by atoms with Gasteiger partial charge in [-0.1, -0.05) is 0 Å². The number of likely N-dealkylation sites (N-methyl/N-ethyl adjacent to an activating group) is 1. The van der Waals surface area contributed by atoms with E-state index in [0.717, 1.165) is 11.3 Å². The molecule has 0 fully saturated rings. The zero-order chi connectivity index (χ0) is 14.6. The molecule has 9 heteroatoms. The molecule has 1 atom stereocenters. The summed E-state index contributed by atoms with van der Waals surface area (Å²) in [5.74, 6) is -1.04. The topological polar surface area (TPSA) is 86.7 Å². The van der Waals surface area contributed by atoms with Crippen LogP contribution in [0.5, 0.6) is 0 Å². The summed E-state index contributed by atoms with van der Waals surface area (Å²) >= 11 is 4.27. The van der Waals surface area contributed by atoms with Crippen molar-refractivity contribution in [3.8, 4) is 0 Å². The van der Waals surface area contributed by atoms with Gasteiger partial charge in [0.05, 0.1) is 10.2 Å². The maximum absolute atomic E-state index is 12.1. The molecular formula is C10H15BrN2O4S2. The largest absolute Gasteiger partial charge is 0.481 e. The van der Waals surface area contributed by atoms with Crippen molar-refractivity contribution in [3.63, 3.8) is 0 Å². The summed E-state index contributed by atoms with van der Waals surface area (Å²) in [6.07, 6.45) is -0.260. The van der Waals surface area contributed by atoms with Gasteiger partial charge < -0.3 is 10.0 Å². The third-order valence-electron chi connectivity index (χ3n) is 2.14. The molecule has 0 aliphatic rings. The molecule has 1 heterocycles. The highest BCUT2D eigenvalue weighted by Crippen LogP contribution is 2.26. The lowest BCUT2D eigenvalue weighted by molar-refractivity contribution is -0.137. The fourth-order valence-corrected chi connectivity index (χ4v) is 4.77. The molecule has 0 amide bonds. The van der Waals surface area contributed by atoms with Crippen LogP contribution in [0.1, 0.15) is 6.42 Å². The summed E-state index contributed by atoms with van der Waals surface area (Å²) in [4.78, 5) is 12.5. The molecule has 19 heavy (non-hydrogen) atoms. The van der Waals surface area contributed by atoms with Gasteiger partial charge in [0.25, 0.3) is 0 Å². The molecule has 0 saturated heterocycles. The molecule has 108 valence electrons. The Morgan fingerprint density at radius 2 is 2.16 bits per heavy atom. The van der Waals surface area contributed by atoms with Crippen LogP contribution in [0.15, 0.2) is 20.1 Å². The van der Waals surface area contributed by atoms with Crippen LogP contribution in [0.2, 0.25) is 0 Å². The van der Waals surface area contributed by atoms with Crippen LogP contribution in [0.4, 0.5) is 0 Å². The molecule has 0 aliphatic heterocycles. The maximum Gasteiger partial charge on any atom is 0.305 e. The first kappa shape index (κ1) is 16.6. The van der Waals surface area contributed by atoms with E-state index >= 15 is 0 Å². The van der Waals surface area contributed by atoms with Crippen LogP contribution in [0.25, 0.3) is 0 Å². The van der Waals surface area contributed by atoms with Gasteiger partial charge in [-0.2, -0.15) is 0 Å². The summed E-state index contributed by atoms with van der Waals surface area (Å²) in [7, 11) is -0.172. The van der Waals surface area contributed by atoms with Crippen molar-refractivity contribution in [1.82, 2.24) is 9.62 Å². The number of carboxylic acids is 1. The highest BCUT2D eigenvalue weighted by Gasteiger charge is 2.23. The first-order valence-corrected chi connectivity index (χ1v) is 8.44. The van der Waals surface area contributed by atoms with Crippen molar-refractivity contribution in [1.29, 1.82) is 0 Å². The van der Waals surface area contributed by atoms with E-state index in [0.29, 0.717) is 10.3 Å². The number of hydrogen-bond donors (Lipinski definition) is 2. The molecule has 0 spiro atoms. The fourth-order valence-electron chi connectivity index (χ4n) is 1.51. The van der Waals surface area contributed by atoms with Crippen LogP contribution in [0, 0.1) is 0 Å². The average molecular weight is 371 g/mol. The summed E-state index contributed by atoms with van der Waals surface area (Å²) in [6, 6.07) is 2.44. The monoisotopic (exact) mass is 370 g/mol. The van der Waals surface area contributed by atoms with E-state index in [1.807, 2.05) is 0 Å². The van der Waals surface area contributed by atoms with Crippen molar-refractivity contribution in [2.75, 3.05) is 20.6 Å². The van der Waals surface area contributed by atoms with Crippen LogP contribution in [-0.4, -0.2) is 51.1 Å². The Balaban J connectivity index is 2.85. The summed E-state index contributed by atoms with van der Waals surface area (Å²) in [5.41, 5.74) is 0. The number of thiophene rings is 1. The van der Waals surface area contributed by atoms with Gasteiger partial charge in [-0.3, -0.25) is 4.79 Å². The van der Waals surface area contributed by atoms with Crippen LogP contribution in [-0.2, 0) is 14.8 Å². The quantitative estimate of drug-likeness (QED) is 0.752. The van der Waals surface area contributed by atoms with Crippen LogP contribution >= 0.6 is 27.3 Å². The molecule has 1 rings (SSSR count). The molecule has 0 bridgehead atoms. The summed E-state index contributed by atoms with van der Waals surface area (Å²) in [5, 5.41) is 8.81. The standard InChI is InChI=1S/C10H15BrN2O4S2/c1-13(2)6-7(5-9(14)15)12-19(16,17)10-4-3-8(11)18-10/h3-4,7,12H,5-6H2,1-2H3,(H,14,15). The number of rotatable bonds is 7. The molecule has 1 aromatic rings. The number of carbonyl (C=O) groups is 1. The van der Waals surface area contributed by atoms with Gasteiger partial charge in [-0.25, -0.2) is 13.1 Å². The van der Waals surface area contributed by atoms with E-state index in [1.165, 1.54) is 6.07 Å². The van der Waals surface area contributed by atoms with Gasteiger partial charge in [0.1, 0.15) is 4.21 Å². The second kappa shape index (κ2) is 6.80. The SMILES string of the molecule is CN(C)CC(CC(=O)O)NS(=O)(=O)c1ccc(Br)s1. The molecule has 0 aliphatic carbocycles. The average Bonchev–Trinajstić information content (AvgIpc) is 2.62. The Labute approximate surface area is 124 Å². The predicted octanol–water partition coefficient (Wildman–Crippen LogP) is 1.19. The minimum atomic E-state index is -3.68. The van der Waals surface area contributed by atoms with E-state index < -0.39 is 22.0 Å². The Hall–Kier alpha value is -0.480. The number of aliphatic carboxylic acids is 1. The minimum Gasteiger partial charge on any atom is -0.481 e. The summed E-state index contributed by atoms with van der Waals surface area (Å²) < 4.78 is 27.5. The Bertz CT molecular complexity index is 541. The van der Waals surface area contributed by atoms with Crippen molar-refractivity contribution in [3.05, 3.63) is 15.9 Å². The Morgan fingerprint density at radius 1 is 1.53 bits per heavy atom. The van der Waals surface area contributed by atoms with Gasteiger partial charge in [0.15, 0.2) is 0 Å². The Kier molecular flexibility index (Phi) is 5.93. The third-order valence-corrected chi connectivity index (χ3v) is 5.78. The minimum absolute atomic E-state index is 0.161. The number of halogens is 1. The zero-order valence-electron chi connectivity index (χ0n) is 10.5. The lowest BCUT2D eigenvalue weighted by atomic mass is 10.2. The second-order valence-corrected chi connectivity index (χ2v) is 8.64. The van der Waals surface area contributed by atoms with E-state index in [1.54, 1.807) is 25.1 Å². The number of sulfonamides is 1. The molecule has 6 nitrogen and oxygen atoms in total. The smallest absolute Gasteiger partial charge is 0.305 e. The van der Waals surface area contributed by atoms with E-state index in [-0.39, 0.29) is 10.6 Å². The Morgan fingerprint density at radius 3 is 2.58 bits per heavy atom. The molecular weight excluding hydrogens is 356 g/mol. The van der Waals surface area contributed by atoms with Gasteiger partial charge in [0, 0.05) is 12.6 Å². The summed E-state index contributed by atoms with van der Waals surface area (Å²) in [6.45, 7) is 0.318. The lowest BCUT2D eigenvalue weighted by Gasteiger charge is -2.20. The molecule has 1 aromatic heterocycles. The van der Waals surface area contributed by atoms with E-state index in [4.69, 9.17) is 5.11 Å². The number of nitrogens with zero attached hydrogens (tertiary/aromatic N) is 1. The zero-order valence-corrected chi connectivity index (χ0v) is 13.7. The van der Waals surface area contributed by atoms with Crippen LogP contribution < -0.4 is 4.72 Å². The first-order chi connectivity index (χ1) is 8.70. The highest BCUT2D eigenvalue weighted by atomic mass is 79.9. The van der Waals surface area contributed by atoms with Gasteiger partial charge >= 0.3 is 5.97 Å². The van der Waals surface area contributed by atoms with Crippen molar-refractivity contribution >= 4 is 43.3 Å².